The van der Waals surface area contributed by atoms with E-state index in [4.69, 9.17) is 16.7 Å². The fourth-order valence-corrected chi connectivity index (χ4v) is 5.39. The highest BCUT2D eigenvalue weighted by atomic mass is 35.5. The molecule has 6 nitrogen and oxygen atoms in total. The Morgan fingerprint density at radius 2 is 1.74 bits per heavy atom. The molecule has 190 valence electrons. The largest absolute Gasteiger partial charge is 0.322 e. The number of urea groups is 1. The zero-order valence-electron chi connectivity index (χ0n) is 21.5. The maximum absolute atomic E-state index is 14.1. The number of para-hydroxylation sites is 1. The van der Waals surface area contributed by atoms with Crippen LogP contribution in [-0.4, -0.2) is 25.3 Å². The average molecular weight is 522 g/mol. The summed E-state index contributed by atoms with van der Waals surface area (Å²) in [6, 6.07) is 27.3. The first-order chi connectivity index (χ1) is 18.4. The Hall–Kier alpha value is -4.29. The second-order valence-corrected chi connectivity index (χ2v) is 10.2. The van der Waals surface area contributed by atoms with Gasteiger partial charge in [-0.1, -0.05) is 48.0 Å². The quantitative estimate of drug-likeness (QED) is 0.269. The molecule has 0 spiro atoms. The number of nitrogens with zero attached hydrogens (tertiary/aromatic N) is 4. The molecule has 1 atom stereocenters. The third-order valence-electron chi connectivity index (χ3n) is 7.27. The van der Waals surface area contributed by atoms with Gasteiger partial charge in [0.1, 0.15) is 5.82 Å². The van der Waals surface area contributed by atoms with Crippen molar-refractivity contribution in [1.29, 1.82) is 0 Å². The van der Waals surface area contributed by atoms with Gasteiger partial charge in [0.2, 0.25) is 0 Å². The minimum atomic E-state index is -0.369. The molecule has 0 saturated carbocycles. The van der Waals surface area contributed by atoms with Crippen LogP contribution in [0.3, 0.4) is 0 Å². The monoisotopic (exact) mass is 521 g/mol. The van der Waals surface area contributed by atoms with Crippen LogP contribution >= 0.6 is 11.6 Å². The van der Waals surface area contributed by atoms with Gasteiger partial charge < -0.3 is 14.8 Å². The second kappa shape index (κ2) is 9.54. The minimum Gasteiger partial charge on any atom is -0.308 e. The summed E-state index contributed by atoms with van der Waals surface area (Å²) in [7, 11) is 0. The summed E-state index contributed by atoms with van der Waals surface area (Å²) in [5.41, 5.74) is 7.80. The summed E-state index contributed by atoms with van der Waals surface area (Å²) >= 11 is 6.45. The third kappa shape index (κ3) is 4.17. The van der Waals surface area contributed by atoms with Gasteiger partial charge in [0.25, 0.3) is 0 Å². The molecule has 3 aromatic carbocycles. The smallest absolute Gasteiger partial charge is 0.308 e. The summed E-state index contributed by atoms with van der Waals surface area (Å²) in [4.78, 5) is 15.9. The zero-order chi connectivity index (χ0) is 26.4. The lowest BCUT2D eigenvalue weighted by Crippen LogP contribution is -2.38. The standard InChI is InChI=1S/C31H28ClN5O/c1-20-14-15-25(17-21(20)2)33-31(38)36-19-27-22(3)34-37(26-11-5-4-6-12-26)30(27)35-16-8-13-28(35)29(36)23-9-7-10-24(32)18-23/h4-18,29H,19H2,1-3H3,(H,33,38). The van der Waals surface area contributed by atoms with Gasteiger partial charge >= 0.3 is 6.03 Å². The number of amides is 2. The van der Waals surface area contributed by atoms with Gasteiger partial charge in [-0.25, -0.2) is 9.48 Å². The van der Waals surface area contributed by atoms with E-state index in [0.29, 0.717) is 11.6 Å². The summed E-state index contributed by atoms with van der Waals surface area (Å²) in [5, 5.41) is 8.69. The molecule has 0 bridgehead atoms. The molecule has 2 aromatic heterocycles. The topological polar surface area (TPSA) is 55.1 Å². The predicted molar refractivity (Wildman–Crippen MR) is 151 cm³/mol. The molecule has 1 unspecified atom stereocenters. The van der Waals surface area contributed by atoms with Crippen molar-refractivity contribution in [1.82, 2.24) is 19.2 Å². The maximum atomic E-state index is 14.1. The number of carbonyl (C=O) groups excluding carboxylic acids is 1. The fourth-order valence-electron chi connectivity index (χ4n) is 5.19. The highest BCUT2D eigenvalue weighted by Crippen LogP contribution is 2.39. The Bertz CT molecular complexity index is 1650. The number of hydrogen-bond donors (Lipinski definition) is 1. The first-order valence-electron chi connectivity index (χ1n) is 12.6. The summed E-state index contributed by atoms with van der Waals surface area (Å²) in [6.07, 6.45) is 2.04. The minimum absolute atomic E-state index is 0.189. The molecule has 7 heteroatoms. The van der Waals surface area contributed by atoms with Crippen LogP contribution in [0.2, 0.25) is 5.02 Å². The third-order valence-corrected chi connectivity index (χ3v) is 7.51. The van der Waals surface area contributed by atoms with Crippen molar-refractivity contribution < 1.29 is 4.79 Å². The summed E-state index contributed by atoms with van der Waals surface area (Å²) in [6.45, 7) is 6.49. The van der Waals surface area contributed by atoms with E-state index in [0.717, 1.165) is 45.3 Å². The normalized spacial score (nSPS) is 14.5. The van der Waals surface area contributed by atoms with Crippen LogP contribution in [0.15, 0.2) is 91.1 Å². The Kier molecular flexibility index (Phi) is 6.04. The van der Waals surface area contributed by atoms with E-state index in [2.05, 4.69) is 22.9 Å². The second-order valence-electron chi connectivity index (χ2n) is 9.75. The molecule has 5 aromatic rings. The Balaban J connectivity index is 1.53. The van der Waals surface area contributed by atoms with Gasteiger partial charge in [0, 0.05) is 22.5 Å². The number of aryl methyl sites for hydroxylation is 3. The molecule has 0 radical (unpaired) electrons. The van der Waals surface area contributed by atoms with Crippen LogP contribution < -0.4 is 5.32 Å². The molecule has 3 heterocycles. The Morgan fingerprint density at radius 3 is 2.50 bits per heavy atom. The van der Waals surface area contributed by atoms with Crippen molar-refractivity contribution in [2.24, 2.45) is 0 Å². The first kappa shape index (κ1) is 24.1. The van der Waals surface area contributed by atoms with Crippen LogP contribution in [0.25, 0.3) is 11.5 Å². The van der Waals surface area contributed by atoms with Crippen molar-refractivity contribution in [2.45, 2.75) is 33.4 Å². The number of carbonyl (C=O) groups is 1. The molecule has 1 aliphatic heterocycles. The molecule has 1 N–H and O–H groups in total. The number of hydrogen-bond acceptors (Lipinski definition) is 2. The molecule has 1 aliphatic rings. The number of nitrogens with one attached hydrogen (secondary N) is 1. The van der Waals surface area contributed by atoms with Gasteiger partial charge in [-0.15, -0.1) is 0 Å². The molecule has 0 fully saturated rings. The van der Waals surface area contributed by atoms with Crippen LogP contribution in [0.1, 0.15) is 39.7 Å². The molecule has 38 heavy (non-hydrogen) atoms. The first-order valence-corrected chi connectivity index (χ1v) is 13.0. The van der Waals surface area contributed by atoms with E-state index in [1.54, 1.807) is 0 Å². The molecular weight excluding hydrogens is 494 g/mol. The number of anilines is 1. The predicted octanol–water partition coefficient (Wildman–Crippen LogP) is 7.38. The van der Waals surface area contributed by atoms with Gasteiger partial charge in [-0.3, -0.25) is 0 Å². The lowest BCUT2D eigenvalue weighted by molar-refractivity contribution is 0.194. The van der Waals surface area contributed by atoms with Gasteiger partial charge in [-0.2, -0.15) is 5.10 Å². The van der Waals surface area contributed by atoms with E-state index < -0.39 is 0 Å². The molecular formula is C31H28ClN5O. The van der Waals surface area contributed by atoms with Gasteiger partial charge in [0.05, 0.1) is 29.7 Å². The number of benzene rings is 3. The van der Waals surface area contributed by atoms with Gasteiger partial charge in [0.15, 0.2) is 0 Å². The molecule has 0 saturated heterocycles. The van der Waals surface area contributed by atoms with E-state index >= 15 is 0 Å². The maximum Gasteiger partial charge on any atom is 0.322 e. The van der Waals surface area contributed by atoms with Gasteiger partial charge in [-0.05, 0) is 86.0 Å². The lowest BCUT2D eigenvalue weighted by Gasteiger charge is -2.31. The fraction of sp³-hybridized carbons (Fsp3) is 0.161. The average Bonchev–Trinajstić information content (AvgIpc) is 3.47. The molecule has 6 rings (SSSR count). The zero-order valence-corrected chi connectivity index (χ0v) is 22.3. The number of rotatable bonds is 3. The van der Waals surface area contributed by atoms with E-state index in [-0.39, 0.29) is 12.1 Å². The van der Waals surface area contributed by atoms with Crippen molar-refractivity contribution in [3.05, 3.63) is 130 Å². The summed E-state index contributed by atoms with van der Waals surface area (Å²) < 4.78 is 4.12. The van der Waals surface area contributed by atoms with E-state index in [1.807, 2.05) is 108 Å². The van der Waals surface area contributed by atoms with Crippen LogP contribution in [-0.2, 0) is 6.54 Å². The lowest BCUT2D eigenvalue weighted by atomic mass is 10.0. The number of aromatic nitrogens is 3. The van der Waals surface area contributed by atoms with Crippen molar-refractivity contribution in [2.75, 3.05) is 5.32 Å². The Labute approximate surface area is 227 Å². The SMILES string of the molecule is Cc1ccc(NC(=O)N2Cc3c(C)nn(-c4ccccc4)c3-n3cccc3C2c2cccc(Cl)c2)cc1C. The van der Waals surface area contributed by atoms with Crippen LogP contribution in [0, 0.1) is 20.8 Å². The van der Waals surface area contributed by atoms with Crippen LogP contribution in [0.5, 0.6) is 0 Å². The molecule has 0 aliphatic carbocycles. The van der Waals surface area contributed by atoms with E-state index in [9.17, 15) is 4.79 Å². The Morgan fingerprint density at radius 1 is 0.921 bits per heavy atom. The van der Waals surface area contributed by atoms with E-state index in [1.165, 1.54) is 5.56 Å². The summed E-state index contributed by atoms with van der Waals surface area (Å²) in [5.74, 6) is 0.933. The highest BCUT2D eigenvalue weighted by Gasteiger charge is 2.36. The van der Waals surface area contributed by atoms with Crippen molar-refractivity contribution in [3.8, 4) is 11.5 Å². The van der Waals surface area contributed by atoms with Crippen LogP contribution in [0.4, 0.5) is 10.5 Å². The number of fused-ring (bicyclic) bond motifs is 3. The number of halogens is 1. The molecule has 2 amide bonds. The highest BCUT2D eigenvalue weighted by molar-refractivity contribution is 6.30. The van der Waals surface area contributed by atoms with Crippen molar-refractivity contribution >= 4 is 23.3 Å². The van der Waals surface area contributed by atoms with Crippen molar-refractivity contribution in [3.63, 3.8) is 0 Å².